The lowest BCUT2D eigenvalue weighted by Crippen LogP contribution is -1.95. The second-order valence-corrected chi connectivity index (χ2v) is 13.2. The molecule has 0 radical (unpaired) electrons. The molecule has 0 spiro atoms. The maximum atomic E-state index is 2.43. The SMILES string of the molecule is CC.C\C=C/C(=C\C=C\c1cccc(-n2c3ccccc3c3c4c5ccccc5n(-c5ccc(-c6ccccc6)cc5)c4ccc32)c1)C1=CCCC=C1. The van der Waals surface area contributed by atoms with Crippen molar-refractivity contribution < 1.29 is 0 Å². The Hall–Kier alpha value is -6.38. The number of nitrogens with zero attached hydrogens (tertiary/aromatic N) is 2. The normalized spacial score (nSPS) is 13.4. The Labute approximate surface area is 312 Å². The van der Waals surface area contributed by atoms with Crippen molar-refractivity contribution in [3.63, 3.8) is 0 Å². The van der Waals surface area contributed by atoms with Crippen molar-refractivity contribution >= 4 is 49.7 Å². The molecule has 1 aliphatic carbocycles. The molecule has 2 heteroatoms. The first-order chi connectivity index (χ1) is 26.3. The van der Waals surface area contributed by atoms with Crippen LogP contribution < -0.4 is 0 Å². The molecular weight excluding hydrogens is 641 g/mol. The van der Waals surface area contributed by atoms with Crippen LogP contribution >= 0.6 is 0 Å². The monoisotopic (exact) mass is 684 g/mol. The van der Waals surface area contributed by atoms with Gasteiger partial charge in [0.1, 0.15) is 0 Å². The number of fused-ring (bicyclic) bond motifs is 7. The van der Waals surface area contributed by atoms with Gasteiger partial charge in [0.2, 0.25) is 0 Å². The van der Waals surface area contributed by atoms with Gasteiger partial charge in [-0.3, -0.25) is 0 Å². The summed E-state index contributed by atoms with van der Waals surface area (Å²) in [5.41, 5.74) is 13.3. The molecule has 0 fully saturated rings. The van der Waals surface area contributed by atoms with Crippen LogP contribution in [0.1, 0.15) is 39.2 Å². The number of hydrogen-bond acceptors (Lipinski definition) is 0. The van der Waals surface area contributed by atoms with Gasteiger partial charge in [-0.05, 0) is 96.1 Å². The second kappa shape index (κ2) is 15.1. The molecule has 258 valence electrons. The lowest BCUT2D eigenvalue weighted by Gasteiger charge is -2.11. The van der Waals surface area contributed by atoms with Gasteiger partial charge in [-0.15, -0.1) is 0 Å². The van der Waals surface area contributed by atoms with Gasteiger partial charge in [-0.2, -0.15) is 0 Å². The minimum absolute atomic E-state index is 1.10. The Morgan fingerprint density at radius 3 is 1.83 bits per heavy atom. The summed E-state index contributed by atoms with van der Waals surface area (Å²) >= 11 is 0. The van der Waals surface area contributed by atoms with Crippen molar-refractivity contribution in [2.45, 2.75) is 33.6 Å². The number of aromatic nitrogens is 2. The number of benzene rings is 6. The predicted molar refractivity (Wildman–Crippen MR) is 230 cm³/mol. The third-order valence-electron chi connectivity index (χ3n) is 10.1. The van der Waals surface area contributed by atoms with E-state index in [1.807, 2.05) is 13.8 Å². The molecule has 6 aromatic carbocycles. The van der Waals surface area contributed by atoms with E-state index in [9.17, 15) is 0 Å². The Kier molecular flexibility index (Phi) is 9.60. The van der Waals surface area contributed by atoms with Gasteiger partial charge in [0.05, 0.1) is 22.1 Å². The average Bonchev–Trinajstić information content (AvgIpc) is 3.75. The van der Waals surface area contributed by atoms with Gasteiger partial charge in [-0.25, -0.2) is 0 Å². The first-order valence-electron chi connectivity index (χ1n) is 18.9. The van der Waals surface area contributed by atoms with Crippen LogP contribution in [0.5, 0.6) is 0 Å². The highest BCUT2D eigenvalue weighted by Gasteiger charge is 2.20. The van der Waals surface area contributed by atoms with E-state index >= 15 is 0 Å². The van der Waals surface area contributed by atoms with Gasteiger partial charge in [0.15, 0.2) is 0 Å². The molecule has 0 bridgehead atoms. The highest BCUT2D eigenvalue weighted by molar-refractivity contribution is 6.28. The molecular formula is C51H44N2. The maximum absolute atomic E-state index is 2.43. The summed E-state index contributed by atoms with van der Waals surface area (Å²) in [6.07, 6.45) is 20.0. The molecule has 0 N–H and O–H groups in total. The van der Waals surface area contributed by atoms with Gasteiger partial charge < -0.3 is 9.13 Å². The third-order valence-corrected chi connectivity index (χ3v) is 10.1. The number of allylic oxidation sites excluding steroid dienone is 9. The smallest absolute Gasteiger partial charge is 0.0548 e. The minimum atomic E-state index is 1.10. The molecule has 0 unspecified atom stereocenters. The molecule has 2 nitrogen and oxygen atoms in total. The molecule has 53 heavy (non-hydrogen) atoms. The van der Waals surface area contributed by atoms with E-state index in [2.05, 4.69) is 204 Å². The van der Waals surface area contributed by atoms with E-state index in [4.69, 9.17) is 0 Å². The fourth-order valence-corrected chi connectivity index (χ4v) is 7.79. The van der Waals surface area contributed by atoms with Gasteiger partial charge in [0, 0.05) is 32.9 Å². The molecule has 8 aromatic rings. The van der Waals surface area contributed by atoms with Crippen LogP contribution in [0.3, 0.4) is 0 Å². The minimum Gasteiger partial charge on any atom is -0.309 e. The lowest BCUT2D eigenvalue weighted by molar-refractivity contribution is 1.02. The van der Waals surface area contributed by atoms with Gasteiger partial charge in [-0.1, -0.05) is 153 Å². The molecule has 0 atom stereocenters. The summed E-state index contributed by atoms with van der Waals surface area (Å²) in [5.74, 6) is 0. The molecule has 0 saturated carbocycles. The summed E-state index contributed by atoms with van der Waals surface area (Å²) in [5, 5.41) is 5.09. The van der Waals surface area contributed by atoms with Gasteiger partial charge in [0.25, 0.3) is 0 Å². The summed E-state index contributed by atoms with van der Waals surface area (Å²) in [6, 6.07) is 50.7. The fourth-order valence-electron chi connectivity index (χ4n) is 7.79. The van der Waals surface area contributed by atoms with Crippen LogP contribution in [0.2, 0.25) is 0 Å². The topological polar surface area (TPSA) is 9.86 Å². The van der Waals surface area contributed by atoms with Crippen LogP contribution in [0.25, 0.3) is 72.2 Å². The zero-order valence-corrected chi connectivity index (χ0v) is 30.7. The molecule has 2 aromatic heterocycles. The Morgan fingerprint density at radius 2 is 1.19 bits per heavy atom. The Bertz CT molecular complexity index is 2720. The largest absolute Gasteiger partial charge is 0.309 e. The zero-order valence-electron chi connectivity index (χ0n) is 30.7. The maximum Gasteiger partial charge on any atom is 0.0548 e. The van der Waals surface area contributed by atoms with Crippen LogP contribution in [-0.4, -0.2) is 9.13 Å². The summed E-state index contributed by atoms with van der Waals surface area (Å²) in [7, 11) is 0. The number of para-hydroxylation sites is 2. The zero-order chi connectivity index (χ0) is 36.1. The predicted octanol–water partition coefficient (Wildman–Crippen LogP) is 14.4. The summed E-state index contributed by atoms with van der Waals surface area (Å²) in [6.45, 7) is 6.08. The third kappa shape index (κ3) is 6.27. The van der Waals surface area contributed by atoms with Gasteiger partial charge >= 0.3 is 0 Å². The standard InChI is InChI=1S/C49H38N2.C2H6/c1-2-15-36(37-18-5-3-6-19-37)22-13-16-35-17-14-23-41(34-35)51-45-27-12-10-25-43(45)49-47(51)33-32-46-48(49)42-24-9-11-26-44(42)50(46)40-30-28-39(29-31-40)38-20-7-4-8-21-38;1-2/h2,4-5,7-34H,3,6H2,1H3;1-2H3/b15-2-,16-13+,36-22+;. The van der Waals surface area contributed by atoms with Crippen molar-refractivity contribution in [2.24, 2.45) is 0 Å². The van der Waals surface area contributed by atoms with Crippen LogP contribution in [0, 0.1) is 0 Å². The van der Waals surface area contributed by atoms with Crippen molar-refractivity contribution in [1.29, 1.82) is 0 Å². The highest BCUT2D eigenvalue weighted by Crippen LogP contribution is 2.42. The second-order valence-electron chi connectivity index (χ2n) is 13.2. The molecule has 2 heterocycles. The molecule has 9 rings (SSSR count). The first kappa shape index (κ1) is 33.7. The first-order valence-corrected chi connectivity index (χ1v) is 18.9. The molecule has 0 aliphatic heterocycles. The fraction of sp³-hybridized carbons (Fsp3) is 0.0980. The highest BCUT2D eigenvalue weighted by atomic mass is 15.0. The van der Waals surface area contributed by atoms with Crippen LogP contribution in [0.15, 0.2) is 193 Å². The van der Waals surface area contributed by atoms with Crippen molar-refractivity contribution in [3.8, 4) is 22.5 Å². The van der Waals surface area contributed by atoms with Crippen molar-refractivity contribution in [1.82, 2.24) is 9.13 Å². The van der Waals surface area contributed by atoms with Crippen LogP contribution in [0.4, 0.5) is 0 Å². The Balaban J connectivity index is 0.00000197. The van der Waals surface area contributed by atoms with E-state index in [1.54, 1.807) is 0 Å². The summed E-state index contributed by atoms with van der Waals surface area (Å²) < 4.78 is 4.85. The summed E-state index contributed by atoms with van der Waals surface area (Å²) in [4.78, 5) is 0. The number of hydrogen-bond donors (Lipinski definition) is 0. The van der Waals surface area contributed by atoms with E-state index < -0.39 is 0 Å². The van der Waals surface area contributed by atoms with Crippen LogP contribution in [-0.2, 0) is 0 Å². The Morgan fingerprint density at radius 1 is 0.566 bits per heavy atom. The van der Waals surface area contributed by atoms with E-state index in [1.165, 1.54) is 71.4 Å². The quantitative estimate of drug-likeness (QED) is 0.148. The molecule has 0 saturated heterocycles. The van der Waals surface area contributed by atoms with E-state index in [0.717, 1.165) is 24.2 Å². The van der Waals surface area contributed by atoms with Crippen molar-refractivity contribution in [3.05, 3.63) is 199 Å². The van der Waals surface area contributed by atoms with E-state index in [0.29, 0.717) is 0 Å². The molecule has 0 amide bonds. The van der Waals surface area contributed by atoms with Crippen molar-refractivity contribution in [2.75, 3.05) is 0 Å². The number of rotatable bonds is 7. The molecule has 1 aliphatic rings. The average molecular weight is 685 g/mol. The van der Waals surface area contributed by atoms with E-state index in [-0.39, 0.29) is 0 Å². The lowest BCUT2D eigenvalue weighted by atomic mass is 9.98.